The fourth-order valence-electron chi connectivity index (χ4n) is 1.81. The number of azo groups is 1. The zero-order valence-electron chi connectivity index (χ0n) is 12.1. The van der Waals surface area contributed by atoms with E-state index in [-0.39, 0.29) is 23.7 Å². The van der Waals surface area contributed by atoms with Crippen LogP contribution in [-0.4, -0.2) is 17.1 Å². The van der Waals surface area contributed by atoms with E-state index < -0.39 is 4.92 Å². The lowest BCUT2D eigenvalue weighted by molar-refractivity contribution is -0.384. The highest BCUT2D eigenvalue weighted by molar-refractivity contribution is 5.66. The summed E-state index contributed by atoms with van der Waals surface area (Å²) in [6, 6.07) is 8.42. The summed E-state index contributed by atoms with van der Waals surface area (Å²) >= 11 is 0. The van der Waals surface area contributed by atoms with Gasteiger partial charge in [0.15, 0.2) is 4.98 Å². The molecule has 116 valence electrons. The third-order valence-corrected chi connectivity index (χ3v) is 2.99. The van der Waals surface area contributed by atoms with Crippen molar-refractivity contribution in [3.05, 3.63) is 57.1 Å². The lowest BCUT2D eigenvalue weighted by Crippen LogP contribution is -1.88. The van der Waals surface area contributed by atoms with E-state index in [0.29, 0.717) is 16.9 Å². The van der Waals surface area contributed by atoms with Crippen LogP contribution in [-0.2, 0) is 6.61 Å². The van der Waals surface area contributed by atoms with E-state index in [1.54, 1.807) is 0 Å². The topological polar surface area (TPSA) is 125 Å². The van der Waals surface area contributed by atoms with Gasteiger partial charge in [-0.05, 0) is 12.1 Å². The van der Waals surface area contributed by atoms with Gasteiger partial charge >= 0.3 is 5.69 Å². The van der Waals surface area contributed by atoms with Crippen LogP contribution in [0.3, 0.4) is 0 Å². The number of nitro benzene ring substituents is 1. The molecule has 0 heterocycles. The Morgan fingerprint density at radius 2 is 2.00 bits per heavy atom. The second-order valence-electron chi connectivity index (χ2n) is 4.38. The third-order valence-electron chi connectivity index (χ3n) is 2.99. The van der Waals surface area contributed by atoms with Gasteiger partial charge in [0, 0.05) is 29.8 Å². The first-order valence-electron chi connectivity index (χ1n) is 6.42. The van der Waals surface area contributed by atoms with Gasteiger partial charge in [0.05, 0.1) is 30.0 Å². The van der Waals surface area contributed by atoms with Crippen molar-refractivity contribution in [2.75, 3.05) is 7.11 Å². The molecule has 0 spiro atoms. The Balaban J connectivity index is 2.34. The van der Waals surface area contributed by atoms with Crippen LogP contribution in [0.5, 0.6) is 5.75 Å². The minimum absolute atomic E-state index is 0.0458. The predicted molar refractivity (Wildman–Crippen MR) is 80.9 cm³/mol. The van der Waals surface area contributed by atoms with Crippen LogP contribution in [0.15, 0.2) is 46.6 Å². The van der Waals surface area contributed by atoms with Crippen molar-refractivity contribution in [3.63, 3.8) is 0 Å². The van der Waals surface area contributed by atoms with Crippen molar-refractivity contribution >= 4 is 22.7 Å². The molecule has 0 aromatic heterocycles. The van der Waals surface area contributed by atoms with E-state index in [1.807, 2.05) is 0 Å². The Morgan fingerprint density at radius 3 is 2.52 bits per heavy atom. The summed E-state index contributed by atoms with van der Waals surface area (Å²) in [5.74, 6) is 0.266. The molecular weight excluding hydrogens is 302 g/mol. The Bertz CT molecular complexity index is 796. The molecule has 2 aromatic carbocycles. The number of rotatable bonds is 5. The Kier molecular flexibility index (Phi) is 4.91. The average molecular weight is 314 g/mol. The number of hydrogen-bond acceptors (Lipinski definition) is 7. The molecule has 9 nitrogen and oxygen atoms in total. The van der Waals surface area contributed by atoms with E-state index in [9.17, 15) is 15.2 Å². The fraction of sp³-hybridized carbons (Fsp3) is 0.143. The molecule has 0 atom stereocenters. The summed E-state index contributed by atoms with van der Waals surface area (Å²) in [6.07, 6.45) is 0. The molecule has 0 aliphatic rings. The number of nitro groups is 1. The van der Waals surface area contributed by atoms with Crippen molar-refractivity contribution in [3.8, 4) is 5.75 Å². The number of nitrogens with zero attached hydrogens (tertiary/aromatic N) is 5. The van der Waals surface area contributed by atoms with Crippen LogP contribution in [0.4, 0.5) is 22.7 Å². The van der Waals surface area contributed by atoms with Gasteiger partial charge in [-0.1, -0.05) is 0 Å². The lowest BCUT2D eigenvalue weighted by Gasteiger charge is -2.02. The first-order valence-corrected chi connectivity index (χ1v) is 6.42. The molecule has 23 heavy (non-hydrogen) atoms. The first kappa shape index (κ1) is 16.0. The number of non-ortho nitro benzene ring substituents is 1. The largest absolute Gasteiger partial charge is 0.489 e. The van der Waals surface area contributed by atoms with Gasteiger partial charge in [-0.25, -0.2) is 0 Å². The normalized spacial score (nSPS) is 10.5. The van der Waals surface area contributed by atoms with Crippen molar-refractivity contribution in [1.82, 2.24) is 0 Å². The maximum absolute atomic E-state index is 10.6. The number of aliphatic hydroxyl groups is 1. The van der Waals surface area contributed by atoms with Crippen LogP contribution < -0.4 is 4.74 Å². The zero-order valence-corrected chi connectivity index (χ0v) is 12.1. The number of aliphatic hydroxyl groups excluding tert-OH is 1. The van der Waals surface area contributed by atoms with Gasteiger partial charge in [-0.2, -0.15) is 10.2 Å². The van der Waals surface area contributed by atoms with E-state index in [2.05, 4.69) is 15.2 Å². The molecule has 2 rings (SSSR count). The highest BCUT2D eigenvalue weighted by Gasteiger charge is 2.19. The highest BCUT2D eigenvalue weighted by atomic mass is 16.6. The molecule has 0 fully saturated rings. The monoisotopic (exact) mass is 314 g/mol. The molecule has 0 aliphatic carbocycles. The van der Waals surface area contributed by atoms with Crippen molar-refractivity contribution in [1.29, 1.82) is 5.39 Å². The predicted octanol–water partition coefficient (Wildman–Crippen LogP) is 4.00. The second kappa shape index (κ2) is 7.06. The van der Waals surface area contributed by atoms with E-state index in [0.717, 1.165) is 0 Å². The molecule has 0 saturated carbocycles. The minimum Gasteiger partial charge on any atom is -0.489 e. The Labute approximate surface area is 130 Å². The summed E-state index contributed by atoms with van der Waals surface area (Å²) in [5.41, 5.74) is 1.25. The van der Waals surface area contributed by atoms with Gasteiger partial charge in [-0.15, -0.1) is 0 Å². The van der Waals surface area contributed by atoms with Crippen LogP contribution in [0, 0.1) is 15.5 Å². The maximum atomic E-state index is 10.6. The molecule has 9 heteroatoms. The fourth-order valence-corrected chi connectivity index (χ4v) is 1.81. The highest BCUT2D eigenvalue weighted by Crippen LogP contribution is 2.36. The van der Waals surface area contributed by atoms with Crippen LogP contribution in [0.25, 0.3) is 4.98 Å². The lowest BCUT2D eigenvalue weighted by atomic mass is 10.1. The molecule has 1 N–H and O–H groups in total. The number of methoxy groups -OCH3 is 1. The van der Waals surface area contributed by atoms with Crippen molar-refractivity contribution in [2.24, 2.45) is 10.2 Å². The number of benzene rings is 2. The first-order chi connectivity index (χ1) is 11.1. The molecule has 0 unspecified atom stereocenters. The van der Waals surface area contributed by atoms with Crippen LogP contribution in [0.1, 0.15) is 5.56 Å². The van der Waals surface area contributed by atoms with Gasteiger partial charge in [0.2, 0.25) is 11.1 Å². The number of diazo groups is 1. The number of hydrogen-bond donors (Lipinski definition) is 1. The maximum Gasteiger partial charge on any atom is 0.426 e. The minimum atomic E-state index is -0.507. The standard InChI is InChI=1S/C14H12N5O4/c1-23-14-7-12(9(8-20)6-13(14)16-15)18-17-10-2-4-11(5-3-10)19(21)22/h2-7,20H,8H2,1H3/q+1. The summed E-state index contributed by atoms with van der Waals surface area (Å²) in [7, 11) is 1.40. The van der Waals surface area contributed by atoms with Gasteiger partial charge in [0.1, 0.15) is 0 Å². The van der Waals surface area contributed by atoms with Crippen LogP contribution in [0.2, 0.25) is 0 Å². The van der Waals surface area contributed by atoms with Crippen LogP contribution >= 0.6 is 0 Å². The van der Waals surface area contributed by atoms with E-state index in [4.69, 9.17) is 10.1 Å². The molecule has 0 saturated heterocycles. The van der Waals surface area contributed by atoms with Gasteiger partial charge < -0.3 is 9.84 Å². The number of ether oxygens (including phenoxy) is 1. The SMILES string of the molecule is COc1cc(N=Nc2ccc([N+](=O)[O-])cc2)c(CO)cc1[N+]#N. The molecular formula is C14H12N5O4+. The quantitative estimate of drug-likeness (QED) is 0.386. The zero-order chi connectivity index (χ0) is 16.8. The molecule has 2 aromatic rings. The average Bonchev–Trinajstić information content (AvgIpc) is 2.59. The molecule has 0 radical (unpaired) electrons. The molecule has 0 amide bonds. The molecule has 0 aliphatic heterocycles. The molecule has 0 bridgehead atoms. The second-order valence-corrected chi connectivity index (χ2v) is 4.38. The van der Waals surface area contributed by atoms with E-state index in [1.165, 1.54) is 43.5 Å². The summed E-state index contributed by atoms with van der Waals surface area (Å²) < 4.78 is 5.06. The Morgan fingerprint density at radius 1 is 1.30 bits per heavy atom. The van der Waals surface area contributed by atoms with Crippen molar-refractivity contribution in [2.45, 2.75) is 6.61 Å². The summed E-state index contributed by atoms with van der Waals surface area (Å²) in [4.78, 5) is 13.1. The summed E-state index contributed by atoms with van der Waals surface area (Å²) in [6.45, 7) is -0.332. The smallest absolute Gasteiger partial charge is 0.426 e. The summed E-state index contributed by atoms with van der Waals surface area (Å²) in [5, 5.41) is 36.8. The van der Waals surface area contributed by atoms with Crippen molar-refractivity contribution < 1.29 is 14.8 Å². The Hall–Kier alpha value is -3.38. The van der Waals surface area contributed by atoms with E-state index >= 15 is 0 Å². The van der Waals surface area contributed by atoms with Gasteiger partial charge in [-0.3, -0.25) is 10.1 Å². The van der Waals surface area contributed by atoms with Gasteiger partial charge in [0.25, 0.3) is 5.69 Å². The third kappa shape index (κ3) is 3.63.